The zero-order chi connectivity index (χ0) is 15.6. The second-order valence-corrected chi connectivity index (χ2v) is 6.25. The van der Waals surface area contributed by atoms with E-state index in [-0.39, 0.29) is 23.7 Å². The van der Waals surface area contributed by atoms with Gasteiger partial charge in [-0.1, -0.05) is 24.3 Å². The fourth-order valence-corrected chi connectivity index (χ4v) is 3.77. The van der Waals surface area contributed by atoms with Crippen LogP contribution in [-0.2, 0) is 14.3 Å². The maximum absolute atomic E-state index is 12.8. The average molecular weight is 297 g/mol. The molecule has 0 saturated carbocycles. The number of imide groups is 1. The van der Waals surface area contributed by atoms with Crippen LogP contribution in [0.1, 0.15) is 24.2 Å². The third-order valence-corrected chi connectivity index (χ3v) is 4.84. The molecular formula is C17H15NO4. The Kier molecular flexibility index (Phi) is 2.52. The minimum atomic E-state index is -0.699. The quantitative estimate of drug-likeness (QED) is 0.474. The van der Waals surface area contributed by atoms with Gasteiger partial charge in [-0.2, -0.15) is 0 Å². The highest BCUT2D eigenvalue weighted by Crippen LogP contribution is 2.52. The summed E-state index contributed by atoms with van der Waals surface area (Å²) in [5, 5.41) is 0. The van der Waals surface area contributed by atoms with Crippen molar-refractivity contribution in [1.82, 2.24) is 0 Å². The van der Waals surface area contributed by atoms with Crippen LogP contribution in [0.5, 0.6) is 0 Å². The molecule has 0 aliphatic carbocycles. The molecule has 0 spiro atoms. The van der Waals surface area contributed by atoms with Gasteiger partial charge in [-0.15, -0.1) is 0 Å². The highest BCUT2D eigenvalue weighted by atomic mass is 16.5. The summed E-state index contributed by atoms with van der Waals surface area (Å²) >= 11 is 0. The lowest BCUT2D eigenvalue weighted by molar-refractivity contribution is -0.126. The van der Waals surface area contributed by atoms with Crippen molar-refractivity contribution in [3.05, 3.63) is 42.0 Å². The van der Waals surface area contributed by atoms with Gasteiger partial charge in [-0.05, 0) is 26.0 Å². The Morgan fingerprint density at radius 3 is 2.73 bits per heavy atom. The molecule has 22 heavy (non-hydrogen) atoms. The highest BCUT2D eigenvalue weighted by Gasteiger charge is 2.66. The monoisotopic (exact) mass is 297 g/mol. The van der Waals surface area contributed by atoms with Crippen LogP contribution in [0.2, 0.25) is 0 Å². The molecule has 3 heterocycles. The van der Waals surface area contributed by atoms with Gasteiger partial charge in [0.05, 0.1) is 29.2 Å². The van der Waals surface area contributed by atoms with Gasteiger partial charge < -0.3 is 4.74 Å². The first kappa shape index (κ1) is 13.4. The standard InChI is InChI=1S/C17H15NO4/c1-9(19)10-4-3-5-11(8-10)18-15(20)13-12-6-7-17(2,22-12)14(13)16(18)21/h3-8,12-14H,1-2H3/t12-,13-,14-,17-/m0/s1. The number of nitrogens with zero attached hydrogens (tertiary/aromatic N) is 1. The number of hydrogen-bond donors (Lipinski definition) is 0. The van der Waals surface area contributed by atoms with Crippen LogP contribution < -0.4 is 4.90 Å². The fourth-order valence-electron chi connectivity index (χ4n) is 3.77. The number of ketones is 1. The number of Topliss-reactive ketones (excluding diaryl/α,β-unsaturated/α-hetero) is 1. The summed E-state index contributed by atoms with van der Waals surface area (Å²) < 4.78 is 5.78. The molecule has 1 aromatic carbocycles. The van der Waals surface area contributed by atoms with Gasteiger partial charge in [0, 0.05) is 5.56 Å². The van der Waals surface area contributed by atoms with E-state index in [2.05, 4.69) is 0 Å². The molecule has 5 nitrogen and oxygen atoms in total. The molecule has 4 rings (SSSR count). The molecule has 112 valence electrons. The van der Waals surface area contributed by atoms with Gasteiger partial charge >= 0.3 is 0 Å². The zero-order valence-electron chi connectivity index (χ0n) is 12.3. The maximum atomic E-state index is 12.8. The van der Waals surface area contributed by atoms with Gasteiger partial charge in [-0.3, -0.25) is 14.4 Å². The van der Waals surface area contributed by atoms with Gasteiger partial charge in [0.2, 0.25) is 11.8 Å². The Morgan fingerprint density at radius 1 is 1.27 bits per heavy atom. The number of anilines is 1. The predicted octanol–water partition coefficient (Wildman–Crippen LogP) is 1.72. The second kappa shape index (κ2) is 4.14. The van der Waals surface area contributed by atoms with Crippen LogP contribution in [-0.4, -0.2) is 29.3 Å². The second-order valence-electron chi connectivity index (χ2n) is 6.25. The van der Waals surface area contributed by atoms with Gasteiger partial charge in [0.1, 0.15) is 0 Å². The number of carbonyl (C=O) groups excluding carboxylic acids is 3. The molecule has 0 radical (unpaired) electrons. The van der Waals surface area contributed by atoms with Crippen molar-refractivity contribution in [2.24, 2.45) is 11.8 Å². The maximum Gasteiger partial charge on any atom is 0.241 e. The molecule has 2 bridgehead atoms. The molecule has 2 amide bonds. The highest BCUT2D eigenvalue weighted by molar-refractivity contribution is 6.23. The zero-order valence-corrected chi connectivity index (χ0v) is 12.3. The van der Waals surface area contributed by atoms with Gasteiger partial charge in [-0.25, -0.2) is 4.90 Å². The van der Waals surface area contributed by atoms with Gasteiger partial charge in [0.15, 0.2) is 5.78 Å². The Labute approximate surface area is 127 Å². The van der Waals surface area contributed by atoms with E-state index in [0.29, 0.717) is 11.3 Å². The molecule has 1 aromatic rings. The van der Waals surface area contributed by atoms with Gasteiger partial charge in [0.25, 0.3) is 0 Å². The summed E-state index contributed by atoms with van der Waals surface area (Å²) in [5.74, 6) is -1.52. The Hall–Kier alpha value is -2.27. The molecule has 2 fully saturated rings. The van der Waals surface area contributed by atoms with Crippen molar-refractivity contribution in [3.63, 3.8) is 0 Å². The lowest BCUT2D eigenvalue weighted by Crippen LogP contribution is -2.38. The van der Waals surface area contributed by atoms with Crippen LogP contribution in [0.4, 0.5) is 5.69 Å². The van der Waals surface area contributed by atoms with Crippen molar-refractivity contribution in [2.75, 3.05) is 4.90 Å². The Morgan fingerprint density at radius 2 is 2.05 bits per heavy atom. The Bertz CT molecular complexity index is 753. The first-order valence-electron chi connectivity index (χ1n) is 7.28. The van der Waals surface area contributed by atoms with E-state index in [9.17, 15) is 14.4 Å². The molecule has 2 saturated heterocycles. The molecule has 5 heteroatoms. The minimum absolute atomic E-state index is 0.0989. The normalized spacial score (nSPS) is 35.4. The average Bonchev–Trinajstić information content (AvgIpc) is 3.08. The van der Waals surface area contributed by atoms with E-state index in [1.54, 1.807) is 24.3 Å². The molecule has 0 aromatic heterocycles. The third kappa shape index (κ3) is 1.54. The van der Waals surface area contributed by atoms with Crippen molar-refractivity contribution in [3.8, 4) is 0 Å². The van der Waals surface area contributed by atoms with E-state index in [0.717, 1.165) is 0 Å². The SMILES string of the molecule is CC(=O)c1cccc(N2C(=O)[C@H]3[C@@H]4C=C[C@](C)(O4)[C@@H]3C2=O)c1. The van der Waals surface area contributed by atoms with Crippen LogP contribution in [0.15, 0.2) is 36.4 Å². The van der Waals surface area contributed by atoms with Crippen molar-refractivity contribution in [1.29, 1.82) is 0 Å². The number of ether oxygens (including phenoxy) is 1. The molecule has 0 N–H and O–H groups in total. The fraction of sp³-hybridized carbons (Fsp3) is 0.353. The number of fused-ring (bicyclic) bond motifs is 5. The lowest BCUT2D eigenvalue weighted by Gasteiger charge is -2.24. The Balaban J connectivity index is 1.77. The first-order valence-corrected chi connectivity index (χ1v) is 7.28. The largest absolute Gasteiger partial charge is 0.362 e. The third-order valence-electron chi connectivity index (χ3n) is 4.84. The van der Waals surface area contributed by atoms with Crippen LogP contribution in [0.3, 0.4) is 0 Å². The molecule has 3 aliphatic heterocycles. The summed E-state index contributed by atoms with van der Waals surface area (Å²) in [6.07, 6.45) is 3.41. The van der Waals surface area contributed by atoms with E-state index in [1.165, 1.54) is 11.8 Å². The molecule has 0 unspecified atom stereocenters. The predicted molar refractivity (Wildman–Crippen MR) is 78.3 cm³/mol. The van der Waals surface area contributed by atoms with Crippen molar-refractivity contribution >= 4 is 23.3 Å². The molecule has 4 atom stereocenters. The summed E-state index contributed by atoms with van der Waals surface area (Å²) in [4.78, 5) is 38.2. The summed E-state index contributed by atoms with van der Waals surface area (Å²) in [5.41, 5.74) is 0.244. The number of benzene rings is 1. The summed E-state index contributed by atoms with van der Waals surface area (Å²) in [7, 11) is 0. The molecule has 3 aliphatic rings. The molecular weight excluding hydrogens is 282 g/mol. The van der Waals surface area contributed by atoms with Crippen LogP contribution in [0.25, 0.3) is 0 Å². The van der Waals surface area contributed by atoms with Crippen LogP contribution in [0, 0.1) is 11.8 Å². The van der Waals surface area contributed by atoms with E-state index in [4.69, 9.17) is 4.74 Å². The van der Waals surface area contributed by atoms with Crippen molar-refractivity contribution < 1.29 is 19.1 Å². The smallest absolute Gasteiger partial charge is 0.241 e. The van der Waals surface area contributed by atoms with Crippen LogP contribution >= 0.6 is 0 Å². The topological polar surface area (TPSA) is 63.7 Å². The number of rotatable bonds is 2. The first-order chi connectivity index (χ1) is 10.4. The van der Waals surface area contributed by atoms with Crippen molar-refractivity contribution in [2.45, 2.75) is 25.6 Å². The van der Waals surface area contributed by atoms with E-state index < -0.39 is 17.4 Å². The number of amides is 2. The summed E-state index contributed by atoms with van der Waals surface area (Å²) in [6.45, 7) is 3.30. The number of carbonyl (C=O) groups is 3. The van der Waals surface area contributed by atoms with E-state index >= 15 is 0 Å². The number of hydrogen-bond acceptors (Lipinski definition) is 4. The minimum Gasteiger partial charge on any atom is -0.362 e. The summed E-state index contributed by atoms with van der Waals surface area (Å²) in [6, 6.07) is 6.64. The van der Waals surface area contributed by atoms with E-state index in [1.807, 2.05) is 19.1 Å². The lowest BCUT2D eigenvalue weighted by atomic mass is 9.78.